The SMILES string of the molecule is CC.Fc1cccc(P)n1. The molecule has 0 amide bonds. The van der Waals surface area contributed by atoms with Crippen LogP contribution in [0.1, 0.15) is 13.8 Å². The summed E-state index contributed by atoms with van der Waals surface area (Å²) in [4.78, 5) is 3.47. The van der Waals surface area contributed by atoms with Crippen LogP contribution in [0.5, 0.6) is 0 Å². The molecule has 1 atom stereocenters. The normalized spacial score (nSPS) is 8.00. The van der Waals surface area contributed by atoms with E-state index in [0.29, 0.717) is 5.44 Å². The second kappa shape index (κ2) is 5.31. The van der Waals surface area contributed by atoms with Crippen LogP contribution in [-0.4, -0.2) is 4.98 Å². The third-order valence-electron chi connectivity index (χ3n) is 0.737. The number of rotatable bonds is 0. The summed E-state index contributed by atoms with van der Waals surface area (Å²) in [5.41, 5.74) is 0.630. The largest absolute Gasteiger partial charge is 0.221 e. The van der Waals surface area contributed by atoms with Gasteiger partial charge in [-0.2, -0.15) is 4.39 Å². The molecule has 0 aliphatic carbocycles. The molecule has 0 bridgehead atoms. The van der Waals surface area contributed by atoms with E-state index < -0.39 is 5.95 Å². The first-order valence-corrected chi connectivity index (χ1v) is 3.75. The van der Waals surface area contributed by atoms with Gasteiger partial charge in [-0.05, 0) is 12.1 Å². The lowest BCUT2D eigenvalue weighted by Gasteiger charge is -1.86. The Morgan fingerprint density at radius 1 is 1.40 bits per heavy atom. The molecule has 1 nitrogen and oxygen atoms in total. The second-order valence-electron chi connectivity index (χ2n) is 1.39. The van der Waals surface area contributed by atoms with Crippen molar-refractivity contribution in [3.05, 3.63) is 24.1 Å². The van der Waals surface area contributed by atoms with Crippen molar-refractivity contribution in [3.63, 3.8) is 0 Å². The fraction of sp³-hybridized carbons (Fsp3) is 0.286. The highest BCUT2D eigenvalue weighted by Gasteiger charge is 1.86. The quantitative estimate of drug-likeness (QED) is 0.415. The summed E-state index contributed by atoms with van der Waals surface area (Å²) in [6.07, 6.45) is 0. The van der Waals surface area contributed by atoms with Crippen molar-refractivity contribution in [2.24, 2.45) is 0 Å². The van der Waals surface area contributed by atoms with Crippen LogP contribution in [0.25, 0.3) is 0 Å². The third kappa shape index (κ3) is 3.52. The molecule has 0 aliphatic heterocycles. The standard InChI is InChI=1S/C5H5FNP.C2H6/c6-4-2-1-3-5(8)7-4;1-2/h1-3H,8H2;1-2H3. The summed E-state index contributed by atoms with van der Waals surface area (Å²) < 4.78 is 12.0. The fourth-order valence-electron chi connectivity index (χ4n) is 0.424. The van der Waals surface area contributed by atoms with Gasteiger partial charge in [0.05, 0.1) is 5.44 Å². The van der Waals surface area contributed by atoms with E-state index in [1.807, 2.05) is 13.8 Å². The summed E-state index contributed by atoms with van der Waals surface area (Å²) >= 11 is 0. The van der Waals surface area contributed by atoms with Crippen LogP contribution in [0.2, 0.25) is 0 Å². The summed E-state index contributed by atoms with van der Waals surface area (Å²) in [6, 6.07) is 4.64. The number of aromatic nitrogens is 1. The topological polar surface area (TPSA) is 12.9 Å². The van der Waals surface area contributed by atoms with E-state index in [1.54, 1.807) is 12.1 Å². The first kappa shape index (κ1) is 9.51. The van der Waals surface area contributed by atoms with Crippen molar-refractivity contribution in [2.75, 3.05) is 0 Å². The Morgan fingerprint density at radius 3 is 2.30 bits per heavy atom. The van der Waals surface area contributed by atoms with E-state index in [2.05, 4.69) is 14.2 Å². The molecule has 0 fully saturated rings. The van der Waals surface area contributed by atoms with E-state index >= 15 is 0 Å². The monoisotopic (exact) mass is 159 g/mol. The highest BCUT2D eigenvalue weighted by molar-refractivity contribution is 7.26. The molecule has 1 aromatic rings. The van der Waals surface area contributed by atoms with Gasteiger partial charge in [-0.25, -0.2) is 4.98 Å². The van der Waals surface area contributed by atoms with E-state index in [9.17, 15) is 4.39 Å². The number of hydrogen-bond donors (Lipinski definition) is 0. The van der Waals surface area contributed by atoms with Gasteiger partial charge in [0.1, 0.15) is 0 Å². The van der Waals surface area contributed by atoms with Gasteiger partial charge in [-0.3, -0.25) is 0 Å². The zero-order valence-corrected chi connectivity index (χ0v) is 7.29. The molecule has 0 saturated heterocycles. The molecule has 3 heteroatoms. The number of hydrogen-bond acceptors (Lipinski definition) is 1. The number of pyridine rings is 1. The van der Waals surface area contributed by atoms with Crippen molar-refractivity contribution in [3.8, 4) is 0 Å². The first-order valence-electron chi connectivity index (χ1n) is 3.17. The van der Waals surface area contributed by atoms with Crippen LogP contribution in [0.3, 0.4) is 0 Å². The predicted octanol–water partition coefficient (Wildman–Crippen LogP) is 1.75. The molecule has 0 N–H and O–H groups in total. The van der Waals surface area contributed by atoms with Gasteiger partial charge in [0.25, 0.3) is 0 Å². The summed E-state index contributed by atoms with van der Waals surface area (Å²) in [6.45, 7) is 4.00. The Kier molecular flexibility index (Phi) is 5.05. The summed E-state index contributed by atoms with van der Waals surface area (Å²) in [5.74, 6) is -0.433. The zero-order valence-electron chi connectivity index (χ0n) is 6.13. The minimum absolute atomic E-state index is 0.433. The lowest BCUT2D eigenvalue weighted by molar-refractivity contribution is 0.587. The zero-order chi connectivity index (χ0) is 7.98. The number of halogens is 1. The van der Waals surface area contributed by atoms with E-state index in [1.165, 1.54) is 6.07 Å². The van der Waals surface area contributed by atoms with Crippen LogP contribution in [0, 0.1) is 5.95 Å². The smallest absolute Gasteiger partial charge is 0.213 e. The van der Waals surface area contributed by atoms with Gasteiger partial charge in [-0.1, -0.05) is 29.2 Å². The Labute approximate surface area is 62.9 Å². The molecule has 10 heavy (non-hydrogen) atoms. The molecule has 0 spiro atoms. The van der Waals surface area contributed by atoms with Gasteiger partial charge in [0.2, 0.25) is 5.95 Å². The molecule has 0 saturated carbocycles. The minimum atomic E-state index is -0.433. The van der Waals surface area contributed by atoms with Gasteiger partial charge >= 0.3 is 0 Å². The van der Waals surface area contributed by atoms with Gasteiger partial charge in [0.15, 0.2) is 0 Å². The lowest BCUT2D eigenvalue weighted by atomic mass is 10.5. The van der Waals surface area contributed by atoms with Crippen LogP contribution in [-0.2, 0) is 0 Å². The van der Waals surface area contributed by atoms with Crippen LogP contribution in [0.4, 0.5) is 4.39 Å². The van der Waals surface area contributed by atoms with Crippen LogP contribution < -0.4 is 5.44 Å². The molecular weight excluding hydrogens is 148 g/mol. The maximum atomic E-state index is 12.0. The molecule has 56 valence electrons. The minimum Gasteiger partial charge on any atom is -0.221 e. The Morgan fingerprint density at radius 2 is 2.00 bits per heavy atom. The average molecular weight is 159 g/mol. The van der Waals surface area contributed by atoms with Crippen molar-refractivity contribution in [1.82, 2.24) is 4.98 Å². The molecule has 1 unspecified atom stereocenters. The highest BCUT2D eigenvalue weighted by atomic mass is 31.0. The second-order valence-corrected chi connectivity index (χ2v) is 1.98. The van der Waals surface area contributed by atoms with Crippen molar-refractivity contribution >= 4 is 14.7 Å². The average Bonchev–Trinajstić information content (AvgIpc) is 1.91. The van der Waals surface area contributed by atoms with Crippen molar-refractivity contribution < 1.29 is 4.39 Å². The maximum Gasteiger partial charge on any atom is 0.213 e. The molecule has 0 radical (unpaired) electrons. The van der Waals surface area contributed by atoms with Crippen molar-refractivity contribution in [2.45, 2.75) is 13.8 Å². The molecule has 0 aromatic carbocycles. The molecule has 0 aliphatic rings. The Balaban J connectivity index is 0.000000371. The maximum absolute atomic E-state index is 12.0. The van der Waals surface area contributed by atoms with E-state index in [-0.39, 0.29) is 0 Å². The third-order valence-corrected chi connectivity index (χ3v) is 1.06. The highest BCUT2D eigenvalue weighted by Crippen LogP contribution is 1.89. The molecular formula is C7H11FNP. The van der Waals surface area contributed by atoms with Gasteiger partial charge < -0.3 is 0 Å². The fourth-order valence-corrected chi connectivity index (χ4v) is 0.658. The summed E-state index contributed by atoms with van der Waals surface area (Å²) in [5, 5.41) is 0. The van der Waals surface area contributed by atoms with Gasteiger partial charge in [-0.15, -0.1) is 0 Å². The van der Waals surface area contributed by atoms with E-state index in [4.69, 9.17) is 0 Å². The molecule has 1 rings (SSSR count). The molecule has 1 heterocycles. The molecule has 1 aromatic heterocycles. The predicted molar refractivity (Wildman–Crippen MR) is 44.9 cm³/mol. The lowest BCUT2D eigenvalue weighted by Crippen LogP contribution is -1.97. The Hall–Kier alpha value is -0.490. The van der Waals surface area contributed by atoms with Crippen LogP contribution >= 0.6 is 9.24 Å². The van der Waals surface area contributed by atoms with Crippen LogP contribution in [0.15, 0.2) is 18.2 Å². The van der Waals surface area contributed by atoms with E-state index in [0.717, 1.165) is 0 Å². The Bertz CT molecular complexity index is 173. The van der Waals surface area contributed by atoms with Gasteiger partial charge in [0, 0.05) is 0 Å². The van der Waals surface area contributed by atoms with Crippen molar-refractivity contribution in [1.29, 1.82) is 0 Å². The number of nitrogens with zero attached hydrogens (tertiary/aromatic N) is 1. The summed E-state index contributed by atoms with van der Waals surface area (Å²) in [7, 11) is 2.31. The first-order chi connectivity index (χ1) is 4.79.